The fourth-order valence-corrected chi connectivity index (χ4v) is 4.70. The van der Waals surface area contributed by atoms with Crippen LogP contribution in [0.4, 0.5) is 19.0 Å². The van der Waals surface area contributed by atoms with Crippen molar-refractivity contribution in [2.75, 3.05) is 18.9 Å². The molecule has 29 heavy (non-hydrogen) atoms. The van der Waals surface area contributed by atoms with Crippen molar-refractivity contribution in [3.05, 3.63) is 41.0 Å². The molecule has 12 heteroatoms. The first-order chi connectivity index (χ1) is 13.6. The molecule has 0 spiro atoms. The summed E-state index contributed by atoms with van der Waals surface area (Å²) >= 11 is 5.86. The summed E-state index contributed by atoms with van der Waals surface area (Å²) in [5.41, 5.74) is 5.29. The van der Waals surface area contributed by atoms with Crippen LogP contribution in [-0.2, 0) is 19.8 Å². The molecule has 0 fully saturated rings. The van der Waals surface area contributed by atoms with Crippen LogP contribution in [0, 0.1) is 0 Å². The van der Waals surface area contributed by atoms with E-state index >= 15 is 0 Å². The minimum absolute atomic E-state index is 0.152. The molecule has 0 saturated carbocycles. The van der Waals surface area contributed by atoms with Gasteiger partial charge in [0.15, 0.2) is 11.3 Å². The van der Waals surface area contributed by atoms with Crippen LogP contribution in [0.15, 0.2) is 30.3 Å². The van der Waals surface area contributed by atoms with Gasteiger partial charge in [-0.2, -0.15) is 22.8 Å². The molecule has 2 N–H and O–H groups in total. The number of nitrogens with zero attached hydrogens (tertiary/aromatic N) is 3. The summed E-state index contributed by atoms with van der Waals surface area (Å²) in [4.78, 5) is 3.64. The van der Waals surface area contributed by atoms with E-state index in [0.717, 1.165) is 4.52 Å². The van der Waals surface area contributed by atoms with Gasteiger partial charge in [0.2, 0.25) is 0 Å². The predicted octanol–water partition coefficient (Wildman–Crippen LogP) is 4.54. The van der Waals surface area contributed by atoms with E-state index in [1.54, 1.807) is 24.3 Å². The van der Waals surface area contributed by atoms with Gasteiger partial charge in [-0.25, -0.2) is 4.98 Å². The molecule has 0 aliphatic rings. The van der Waals surface area contributed by atoms with Crippen LogP contribution in [0.2, 0.25) is 5.02 Å². The Labute approximate surface area is 169 Å². The largest absolute Gasteiger partial charge is 0.434 e. The normalized spacial score (nSPS) is 12.6. The van der Waals surface area contributed by atoms with E-state index in [9.17, 15) is 17.7 Å². The minimum Gasteiger partial charge on any atom is -0.383 e. The second-order valence-electron chi connectivity index (χ2n) is 5.83. The molecule has 0 unspecified atom stereocenters. The highest BCUT2D eigenvalue weighted by molar-refractivity contribution is 7.62. The Morgan fingerprint density at radius 3 is 2.28 bits per heavy atom. The van der Waals surface area contributed by atoms with Gasteiger partial charge in [-0.1, -0.05) is 23.7 Å². The number of benzene rings is 1. The number of anilines is 1. The number of halogens is 4. The van der Waals surface area contributed by atoms with Crippen LogP contribution in [-0.4, -0.2) is 27.8 Å². The zero-order chi connectivity index (χ0) is 21.4. The molecular formula is C17H17ClF3N4O3P. The van der Waals surface area contributed by atoms with E-state index in [2.05, 4.69) is 10.1 Å². The third-order valence-corrected chi connectivity index (χ3v) is 6.33. The van der Waals surface area contributed by atoms with E-state index < -0.39 is 30.6 Å². The fourth-order valence-electron chi connectivity index (χ4n) is 2.75. The Bertz CT molecular complexity index is 1080. The van der Waals surface area contributed by atoms with Crippen LogP contribution in [0.3, 0.4) is 0 Å². The van der Waals surface area contributed by atoms with E-state index in [1.165, 1.54) is 19.9 Å². The lowest BCUT2D eigenvalue weighted by Gasteiger charge is -2.22. The van der Waals surface area contributed by atoms with Crippen molar-refractivity contribution in [2.24, 2.45) is 0 Å². The summed E-state index contributed by atoms with van der Waals surface area (Å²) in [6.45, 7) is 2.66. The maximum atomic E-state index is 13.7. The van der Waals surface area contributed by atoms with Crippen molar-refractivity contribution < 1.29 is 26.8 Å². The Morgan fingerprint density at radius 2 is 1.76 bits per heavy atom. The Morgan fingerprint density at radius 1 is 1.17 bits per heavy atom. The maximum absolute atomic E-state index is 13.7. The van der Waals surface area contributed by atoms with Crippen molar-refractivity contribution in [3.8, 4) is 11.3 Å². The number of hydrogen-bond donors (Lipinski definition) is 1. The van der Waals surface area contributed by atoms with Gasteiger partial charge < -0.3 is 14.8 Å². The monoisotopic (exact) mass is 448 g/mol. The molecule has 0 saturated heterocycles. The molecule has 0 aliphatic heterocycles. The molecule has 2 aromatic heterocycles. The zero-order valence-electron chi connectivity index (χ0n) is 15.4. The predicted molar refractivity (Wildman–Crippen MR) is 103 cm³/mol. The Balaban J connectivity index is 2.31. The second-order valence-corrected chi connectivity index (χ2v) is 8.23. The highest BCUT2D eigenvalue weighted by Gasteiger charge is 2.45. The SMILES string of the molecule is CCOP(=O)(OCC)c1c(C(F)(F)F)nc2cc(-c3ccc(Cl)cc3)nn2c1N. The number of alkyl halides is 3. The van der Waals surface area contributed by atoms with Gasteiger partial charge in [0.25, 0.3) is 0 Å². The van der Waals surface area contributed by atoms with Crippen LogP contribution in [0.1, 0.15) is 19.5 Å². The summed E-state index contributed by atoms with van der Waals surface area (Å²) in [6, 6.07) is 7.87. The lowest BCUT2D eigenvalue weighted by atomic mass is 10.2. The molecule has 7 nitrogen and oxygen atoms in total. The molecule has 0 aliphatic carbocycles. The average molecular weight is 449 g/mol. The number of nitrogens with two attached hydrogens (primary N) is 1. The minimum atomic E-state index is -4.94. The first-order valence-electron chi connectivity index (χ1n) is 8.52. The number of nitrogen functional groups attached to an aromatic ring is 1. The van der Waals surface area contributed by atoms with E-state index in [-0.39, 0.29) is 18.9 Å². The highest BCUT2D eigenvalue weighted by Crippen LogP contribution is 2.51. The van der Waals surface area contributed by atoms with E-state index in [1.807, 2.05) is 0 Å². The van der Waals surface area contributed by atoms with Crippen molar-refractivity contribution in [1.82, 2.24) is 14.6 Å². The molecule has 3 aromatic rings. The van der Waals surface area contributed by atoms with Gasteiger partial charge in [0.05, 0.1) is 18.9 Å². The smallest absolute Gasteiger partial charge is 0.383 e. The highest BCUT2D eigenvalue weighted by atomic mass is 35.5. The van der Waals surface area contributed by atoms with Crippen LogP contribution >= 0.6 is 19.2 Å². The van der Waals surface area contributed by atoms with E-state index in [0.29, 0.717) is 16.3 Å². The maximum Gasteiger partial charge on any atom is 0.434 e. The quantitative estimate of drug-likeness (QED) is 0.556. The van der Waals surface area contributed by atoms with Gasteiger partial charge >= 0.3 is 13.8 Å². The topological polar surface area (TPSA) is 91.7 Å². The van der Waals surface area contributed by atoms with Crippen molar-refractivity contribution in [1.29, 1.82) is 0 Å². The molecular weight excluding hydrogens is 432 g/mol. The van der Waals surface area contributed by atoms with Crippen molar-refractivity contribution in [3.63, 3.8) is 0 Å². The summed E-state index contributed by atoms with van der Waals surface area (Å²) in [6.07, 6.45) is -4.94. The number of fused-ring (bicyclic) bond motifs is 1. The Hall–Kier alpha value is -2.13. The van der Waals surface area contributed by atoms with Crippen LogP contribution in [0.25, 0.3) is 16.9 Å². The van der Waals surface area contributed by atoms with Crippen molar-refractivity contribution in [2.45, 2.75) is 20.0 Å². The number of hydrogen-bond acceptors (Lipinski definition) is 6. The molecule has 0 atom stereocenters. The van der Waals surface area contributed by atoms with Gasteiger partial charge in [-0.05, 0) is 26.0 Å². The van der Waals surface area contributed by atoms with Gasteiger partial charge in [0, 0.05) is 16.7 Å². The molecule has 0 amide bonds. The van der Waals surface area contributed by atoms with Gasteiger partial charge in [-0.15, -0.1) is 0 Å². The average Bonchev–Trinajstić information content (AvgIpc) is 3.06. The lowest BCUT2D eigenvalue weighted by molar-refractivity contribution is -0.140. The zero-order valence-corrected chi connectivity index (χ0v) is 17.1. The third kappa shape index (κ3) is 4.11. The summed E-state index contributed by atoms with van der Waals surface area (Å²) in [5.74, 6) is -0.521. The van der Waals surface area contributed by atoms with Crippen LogP contribution in [0.5, 0.6) is 0 Å². The molecule has 1 aromatic carbocycles. The van der Waals surface area contributed by atoms with Gasteiger partial charge in [0.1, 0.15) is 11.1 Å². The Kier molecular flexibility index (Phi) is 5.91. The molecule has 156 valence electrons. The molecule has 3 rings (SSSR count). The summed E-state index contributed by atoms with van der Waals surface area (Å²) in [5, 5.41) is 3.85. The summed E-state index contributed by atoms with van der Waals surface area (Å²) < 4.78 is 65.5. The first-order valence-corrected chi connectivity index (χ1v) is 10.4. The van der Waals surface area contributed by atoms with Crippen molar-refractivity contribution >= 4 is 36.0 Å². The van der Waals surface area contributed by atoms with E-state index in [4.69, 9.17) is 26.4 Å². The molecule has 2 heterocycles. The van der Waals surface area contributed by atoms with Crippen LogP contribution < -0.4 is 11.0 Å². The standard InChI is InChI=1S/C17H17ClF3N4O3P/c1-3-27-29(26,28-4-2)14-15(17(19,20)21)23-13-9-12(24-25(13)16(14)22)10-5-7-11(18)8-6-10/h5-9H,3-4,22H2,1-2H3. The summed E-state index contributed by atoms with van der Waals surface area (Å²) in [7, 11) is -4.40. The lowest BCUT2D eigenvalue weighted by Crippen LogP contribution is -2.29. The molecule has 0 radical (unpaired) electrons. The fraction of sp³-hybridized carbons (Fsp3) is 0.294. The first kappa shape index (κ1) is 21.6. The number of aromatic nitrogens is 3. The third-order valence-electron chi connectivity index (χ3n) is 3.89. The van der Waals surface area contributed by atoms with Gasteiger partial charge in [-0.3, -0.25) is 4.57 Å². The second kappa shape index (κ2) is 7.95. The molecule has 0 bridgehead atoms. The number of rotatable bonds is 6.